The number of nitrogens with zero attached hydrogens (tertiary/aromatic N) is 1. The first-order chi connectivity index (χ1) is 26.3. The van der Waals surface area contributed by atoms with E-state index in [9.17, 15) is 0 Å². The van der Waals surface area contributed by atoms with Gasteiger partial charge in [-0.15, -0.1) is 11.3 Å². The molecule has 0 radical (unpaired) electrons. The lowest BCUT2D eigenvalue weighted by Crippen LogP contribution is -2.10. The van der Waals surface area contributed by atoms with Gasteiger partial charge in [-0.3, -0.25) is 0 Å². The van der Waals surface area contributed by atoms with Gasteiger partial charge in [-0.2, -0.15) is 0 Å². The predicted octanol–water partition coefficient (Wildman–Crippen LogP) is 15.1. The van der Waals surface area contributed by atoms with Crippen molar-refractivity contribution in [2.75, 3.05) is 4.90 Å². The van der Waals surface area contributed by atoms with Crippen LogP contribution in [0.25, 0.3) is 85.9 Å². The lowest BCUT2D eigenvalue weighted by molar-refractivity contribution is 0.670. The zero-order valence-electron chi connectivity index (χ0n) is 28.7. The first kappa shape index (κ1) is 30.0. The molecule has 0 aliphatic rings. The third kappa shape index (κ3) is 4.78. The Bertz CT molecular complexity index is 3160. The molecule has 11 rings (SSSR count). The van der Waals surface area contributed by atoms with Crippen molar-refractivity contribution in [3.8, 4) is 22.3 Å². The normalized spacial score (nSPS) is 11.8. The zero-order chi connectivity index (χ0) is 34.9. The molecule has 248 valence electrons. The Morgan fingerprint density at radius 1 is 0.396 bits per heavy atom. The summed E-state index contributed by atoms with van der Waals surface area (Å²) in [6, 6.07) is 67.9. The van der Waals surface area contributed by atoms with E-state index in [1.807, 2.05) is 11.3 Å². The Balaban J connectivity index is 1.06. The standard InChI is InChI=1S/C50H31NOS/c1-3-13-38-32(10-1)12-7-16-39(38)34-22-27-36(28-23-34)51(45-20-9-18-43-42-15-5-6-21-47(42)53-50(43)45)37-29-24-35(25-30-37)41-17-8-19-44-48-40-14-4-2-11-33(40)26-31-46(48)52-49(41)44/h1-31H. The fourth-order valence-electron chi connectivity index (χ4n) is 8.19. The highest BCUT2D eigenvalue weighted by molar-refractivity contribution is 7.26. The van der Waals surface area contributed by atoms with Crippen LogP contribution in [0.5, 0.6) is 0 Å². The second kappa shape index (κ2) is 11.9. The van der Waals surface area contributed by atoms with Crippen molar-refractivity contribution in [3.63, 3.8) is 0 Å². The average molecular weight is 694 g/mol. The van der Waals surface area contributed by atoms with Crippen LogP contribution in [0.2, 0.25) is 0 Å². The van der Waals surface area contributed by atoms with E-state index < -0.39 is 0 Å². The number of fused-ring (bicyclic) bond motifs is 9. The Morgan fingerprint density at radius 2 is 0.962 bits per heavy atom. The summed E-state index contributed by atoms with van der Waals surface area (Å²) in [6.07, 6.45) is 0. The van der Waals surface area contributed by atoms with Crippen molar-refractivity contribution < 1.29 is 4.42 Å². The van der Waals surface area contributed by atoms with Crippen LogP contribution < -0.4 is 4.90 Å². The Kier molecular flexibility index (Phi) is 6.76. The van der Waals surface area contributed by atoms with E-state index in [0.29, 0.717) is 0 Å². The number of furan rings is 1. The number of rotatable bonds is 5. The van der Waals surface area contributed by atoms with Crippen molar-refractivity contribution in [3.05, 3.63) is 188 Å². The summed E-state index contributed by atoms with van der Waals surface area (Å²) in [7, 11) is 0. The van der Waals surface area contributed by atoms with E-state index in [-0.39, 0.29) is 0 Å². The van der Waals surface area contributed by atoms with Gasteiger partial charge in [0.1, 0.15) is 11.2 Å². The molecule has 53 heavy (non-hydrogen) atoms. The number of benzene rings is 9. The Hall–Kier alpha value is -6.68. The molecular weight excluding hydrogens is 663 g/mol. The van der Waals surface area contributed by atoms with Crippen molar-refractivity contribution in [1.82, 2.24) is 0 Å². The number of para-hydroxylation sites is 1. The molecule has 2 heterocycles. The molecule has 0 bridgehead atoms. The maximum atomic E-state index is 6.60. The van der Waals surface area contributed by atoms with Gasteiger partial charge in [-0.1, -0.05) is 146 Å². The van der Waals surface area contributed by atoms with Crippen LogP contribution in [0.1, 0.15) is 0 Å². The lowest BCUT2D eigenvalue weighted by Gasteiger charge is -2.26. The monoisotopic (exact) mass is 693 g/mol. The fourth-order valence-corrected chi connectivity index (χ4v) is 9.39. The molecule has 11 aromatic rings. The highest BCUT2D eigenvalue weighted by Gasteiger charge is 2.20. The van der Waals surface area contributed by atoms with E-state index >= 15 is 0 Å². The van der Waals surface area contributed by atoms with Crippen molar-refractivity contribution >= 4 is 92.1 Å². The molecule has 0 amide bonds. The molecule has 2 nitrogen and oxygen atoms in total. The van der Waals surface area contributed by atoms with E-state index in [0.717, 1.165) is 39.1 Å². The van der Waals surface area contributed by atoms with Crippen LogP contribution in [0.15, 0.2) is 192 Å². The van der Waals surface area contributed by atoms with Crippen LogP contribution in [0.4, 0.5) is 17.1 Å². The van der Waals surface area contributed by atoms with Crippen LogP contribution in [0, 0.1) is 0 Å². The topological polar surface area (TPSA) is 16.4 Å². The maximum Gasteiger partial charge on any atom is 0.143 e. The van der Waals surface area contributed by atoms with Gasteiger partial charge in [-0.25, -0.2) is 0 Å². The molecule has 0 unspecified atom stereocenters. The first-order valence-corrected chi connectivity index (χ1v) is 18.8. The predicted molar refractivity (Wildman–Crippen MR) is 227 cm³/mol. The van der Waals surface area contributed by atoms with Gasteiger partial charge >= 0.3 is 0 Å². The minimum atomic E-state index is 0.914. The number of anilines is 3. The quantitative estimate of drug-likeness (QED) is 0.178. The summed E-state index contributed by atoms with van der Waals surface area (Å²) >= 11 is 1.86. The van der Waals surface area contributed by atoms with Crippen LogP contribution in [-0.4, -0.2) is 0 Å². The minimum absolute atomic E-state index is 0.914. The number of hydrogen-bond acceptors (Lipinski definition) is 3. The smallest absolute Gasteiger partial charge is 0.143 e. The van der Waals surface area contributed by atoms with Gasteiger partial charge < -0.3 is 9.32 Å². The van der Waals surface area contributed by atoms with Crippen LogP contribution in [0.3, 0.4) is 0 Å². The zero-order valence-corrected chi connectivity index (χ0v) is 29.5. The molecule has 0 saturated heterocycles. The second-order valence-corrected chi connectivity index (χ2v) is 14.7. The van der Waals surface area contributed by atoms with Crippen molar-refractivity contribution in [2.24, 2.45) is 0 Å². The largest absolute Gasteiger partial charge is 0.455 e. The number of thiophene rings is 1. The summed E-state index contributed by atoms with van der Waals surface area (Å²) < 4.78 is 9.17. The summed E-state index contributed by atoms with van der Waals surface area (Å²) in [6.45, 7) is 0. The SMILES string of the molecule is c1ccc2c(-c3ccc(N(c4ccc(-c5cccc6c5oc5ccc7ccccc7c56)cc4)c4cccc5c4sc4ccccc45)cc3)cccc2c1. The molecule has 2 aromatic heterocycles. The van der Waals surface area contributed by atoms with Crippen molar-refractivity contribution in [2.45, 2.75) is 0 Å². The molecule has 0 N–H and O–H groups in total. The second-order valence-electron chi connectivity index (χ2n) is 13.7. The van der Waals surface area contributed by atoms with Gasteiger partial charge in [0.15, 0.2) is 0 Å². The molecule has 0 saturated carbocycles. The highest BCUT2D eigenvalue weighted by Crippen LogP contribution is 2.46. The minimum Gasteiger partial charge on any atom is -0.455 e. The van der Waals surface area contributed by atoms with E-state index in [4.69, 9.17) is 4.42 Å². The first-order valence-electron chi connectivity index (χ1n) is 18.0. The highest BCUT2D eigenvalue weighted by atomic mass is 32.1. The van der Waals surface area contributed by atoms with Gasteiger partial charge in [0.25, 0.3) is 0 Å². The molecular formula is C50H31NOS. The average Bonchev–Trinajstić information content (AvgIpc) is 3.81. The van der Waals surface area contributed by atoms with E-state index in [1.165, 1.54) is 63.9 Å². The molecule has 0 aliphatic heterocycles. The molecule has 0 spiro atoms. The fraction of sp³-hybridized carbons (Fsp3) is 0. The molecule has 0 atom stereocenters. The Labute approximate surface area is 310 Å². The summed E-state index contributed by atoms with van der Waals surface area (Å²) in [5.41, 5.74) is 9.86. The summed E-state index contributed by atoms with van der Waals surface area (Å²) in [5, 5.41) is 9.83. The van der Waals surface area contributed by atoms with Gasteiger partial charge in [0.05, 0.1) is 10.4 Å². The van der Waals surface area contributed by atoms with Crippen LogP contribution in [-0.2, 0) is 0 Å². The number of hydrogen-bond donors (Lipinski definition) is 0. The molecule has 0 fully saturated rings. The van der Waals surface area contributed by atoms with Crippen molar-refractivity contribution in [1.29, 1.82) is 0 Å². The summed E-state index contributed by atoms with van der Waals surface area (Å²) in [4.78, 5) is 2.41. The van der Waals surface area contributed by atoms with Gasteiger partial charge in [0.2, 0.25) is 0 Å². The summed E-state index contributed by atoms with van der Waals surface area (Å²) in [5.74, 6) is 0. The molecule has 9 aromatic carbocycles. The van der Waals surface area contributed by atoms with Gasteiger partial charge in [0, 0.05) is 43.2 Å². The Morgan fingerprint density at radius 3 is 1.75 bits per heavy atom. The maximum absolute atomic E-state index is 6.60. The third-order valence-electron chi connectivity index (χ3n) is 10.7. The molecule has 3 heteroatoms. The van der Waals surface area contributed by atoms with Gasteiger partial charge in [-0.05, 0) is 80.7 Å². The third-order valence-corrected chi connectivity index (χ3v) is 11.9. The van der Waals surface area contributed by atoms with E-state index in [1.54, 1.807) is 0 Å². The lowest BCUT2D eigenvalue weighted by atomic mass is 9.98. The molecule has 0 aliphatic carbocycles. The van der Waals surface area contributed by atoms with E-state index in [2.05, 4.69) is 193 Å². The van der Waals surface area contributed by atoms with Crippen LogP contribution >= 0.6 is 11.3 Å².